The second-order valence-electron chi connectivity index (χ2n) is 7.54. The topological polar surface area (TPSA) is 58.2 Å². The lowest BCUT2D eigenvalue weighted by atomic mass is 10.0. The number of anilines is 1. The zero-order valence-corrected chi connectivity index (χ0v) is 16.7. The van der Waals surface area contributed by atoms with Gasteiger partial charge in [0, 0.05) is 18.5 Å². The van der Waals surface area contributed by atoms with E-state index in [1.54, 1.807) is 0 Å². The van der Waals surface area contributed by atoms with Gasteiger partial charge in [-0.1, -0.05) is 63.2 Å². The van der Waals surface area contributed by atoms with Crippen LogP contribution in [0.4, 0.5) is 5.69 Å². The van der Waals surface area contributed by atoms with E-state index in [9.17, 15) is 9.59 Å². The Balaban J connectivity index is 1.77. The Hall–Kier alpha value is -2.62. The van der Waals surface area contributed by atoms with Gasteiger partial charge >= 0.3 is 0 Å². The molecule has 2 aromatic carbocycles. The van der Waals surface area contributed by atoms with Gasteiger partial charge in [0.25, 0.3) is 0 Å². The minimum Gasteiger partial charge on any atom is -0.350 e. The standard InChI is InChI=1S/C23H30N2O2/c1-16(2)19-10-12-21(13-11-19)25-23(27)15-17(3)14-22(26)24-18(4)20-8-6-5-7-9-20/h5-13,16-18H,14-15H2,1-4H3,(H,24,26)(H,25,27)/t17-,18-/m0/s1. The van der Waals surface area contributed by atoms with Crippen LogP contribution < -0.4 is 10.6 Å². The first-order valence-corrected chi connectivity index (χ1v) is 9.59. The minimum absolute atomic E-state index is 0.0251. The predicted molar refractivity (Wildman–Crippen MR) is 111 cm³/mol. The zero-order chi connectivity index (χ0) is 19.8. The number of carbonyl (C=O) groups is 2. The summed E-state index contributed by atoms with van der Waals surface area (Å²) in [6.07, 6.45) is 0.649. The number of benzene rings is 2. The van der Waals surface area contributed by atoms with Crippen LogP contribution in [0.3, 0.4) is 0 Å². The molecule has 2 atom stereocenters. The van der Waals surface area contributed by atoms with Crippen LogP contribution in [0.25, 0.3) is 0 Å². The molecular formula is C23H30N2O2. The Morgan fingerprint density at radius 1 is 0.778 bits per heavy atom. The molecule has 144 valence electrons. The largest absolute Gasteiger partial charge is 0.350 e. The van der Waals surface area contributed by atoms with E-state index in [4.69, 9.17) is 0 Å². The van der Waals surface area contributed by atoms with Gasteiger partial charge in [0.15, 0.2) is 0 Å². The van der Waals surface area contributed by atoms with Gasteiger partial charge in [-0.25, -0.2) is 0 Å². The van der Waals surface area contributed by atoms with Gasteiger partial charge in [0.1, 0.15) is 0 Å². The molecule has 27 heavy (non-hydrogen) atoms. The summed E-state index contributed by atoms with van der Waals surface area (Å²) in [6, 6.07) is 17.7. The Bertz CT molecular complexity index is 739. The number of carbonyl (C=O) groups excluding carboxylic acids is 2. The minimum atomic E-state index is -0.0660. The molecule has 0 aromatic heterocycles. The molecule has 0 aliphatic rings. The molecule has 0 saturated carbocycles. The van der Waals surface area contributed by atoms with Gasteiger partial charge in [-0.15, -0.1) is 0 Å². The van der Waals surface area contributed by atoms with Crippen LogP contribution in [-0.2, 0) is 9.59 Å². The third-order valence-corrected chi connectivity index (χ3v) is 4.61. The van der Waals surface area contributed by atoms with Gasteiger partial charge < -0.3 is 10.6 Å². The lowest BCUT2D eigenvalue weighted by Crippen LogP contribution is -2.28. The fourth-order valence-corrected chi connectivity index (χ4v) is 2.99. The van der Waals surface area contributed by atoms with Crippen molar-refractivity contribution in [3.8, 4) is 0 Å². The molecule has 0 fully saturated rings. The van der Waals surface area contributed by atoms with Gasteiger partial charge in [-0.05, 0) is 42.0 Å². The van der Waals surface area contributed by atoms with Crippen molar-refractivity contribution in [1.82, 2.24) is 5.32 Å². The van der Waals surface area contributed by atoms with Crippen molar-refractivity contribution in [3.05, 3.63) is 65.7 Å². The van der Waals surface area contributed by atoms with Crippen LogP contribution in [0.1, 0.15) is 63.6 Å². The summed E-state index contributed by atoms with van der Waals surface area (Å²) in [5.74, 6) is 0.339. The maximum absolute atomic E-state index is 12.2. The van der Waals surface area contributed by atoms with Gasteiger partial charge in [0.2, 0.25) is 11.8 Å². The van der Waals surface area contributed by atoms with E-state index in [0.29, 0.717) is 18.8 Å². The monoisotopic (exact) mass is 366 g/mol. The van der Waals surface area contributed by atoms with Crippen LogP contribution in [-0.4, -0.2) is 11.8 Å². The number of nitrogens with one attached hydrogen (secondary N) is 2. The van der Waals surface area contributed by atoms with E-state index in [1.165, 1.54) is 5.56 Å². The van der Waals surface area contributed by atoms with Gasteiger partial charge in [-0.2, -0.15) is 0 Å². The highest BCUT2D eigenvalue weighted by atomic mass is 16.2. The molecule has 0 unspecified atom stereocenters. The summed E-state index contributed by atoms with van der Waals surface area (Å²) >= 11 is 0. The molecule has 0 saturated heterocycles. The third kappa shape index (κ3) is 6.89. The quantitative estimate of drug-likeness (QED) is 0.687. The molecule has 2 N–H and O–H groups in total. The average Bonchev–Trinajstić information content (AvgIpc) is 2.62. The molecule has 4 heteroatoms. The first-order chi connectivity index (χ1) is 12.8. The molecule has 2 amide bonds. The summed E-state index contributed by atoms with van der Waals surface area (Å²) in [5.41, 5.74) is 3.10. The Kier molecular flexibility index (Phi) is 7.59. The van der Waals surface area contributed by atoms with Crippen molar-refractivity contribution >= 4 is 17.5 Å². The lowest BCUT2D eigenvalue weighted by Gasteiger charge is -2.16. The van der Waals surface area contributed by atoms with E-state index in [2.05, 4.69) is 24.5 Å². The Morgan fingerprint density at radius 3 is 1.96 bits per heavy atom. The maximum atomic E-state index is 12.2. The molecule has 2 aromatic rings. The smallest absolute Gasteiger partial charge is 0.224 e. The van der Waals surface area contributed by atoms with E-state index in [-0.39, 0.29) is 23.8 Å². The summed E-state index contributed by atoms with van der Waals surface area (Å²) < 4.78 is 0. The lowest BCUT2D eigenvalue weighted by molar-refractivity contribution is -0.123. The molecule has 0 radical (unpaired) electrons. The van der Waals surface area contributed by atoms with Crippen molar-refractivity contribution in [2.45, 2.75) is 52.5 Å². The van der Waals surface area contributed by atoms with E-state index < -0.39 is 0 Å². The van der Waals surface area contributed by atoms with Crippen LogP contribution >= 0.6 is 0 Å². The molecule has 0 heterocycles. The first-order valence-electron chi connectivity index (χ1n) is 9.59. The third-order valence-electron chi connectivity index (χ3n) is 4.61. The highest BCUT2D eigenvalue weighted by Gasteiger charge is 2.16. The number of rotatable bonds is 8. The molecule has 0 bridgehead atoms. The van der Waals surface area contributed by atoms with Crippen LogP contribution in [0.2, 0.25) is 0 Å². The molecular weight excluding hydrogens is 336 g/mol. The fraction of sp³-hybridized carbons (Fsp3) is 0.391. The zero-order valence-electron chi connectivity index (χ0n) is 16.7. The molecule has 0 spiro atoms. The first kappa shape index (κ1) is 20.7. The maximum Gasteiger partial charge on any atom is 0.224 e. The van der Waals surface area contributed by atoms with Crippen LogP contribution in [0.5, 0.6) is 0 Å². The highest BCUT2D eigenvalue weighted by molar-refractivity contribution is 5.91. The summed E-state index contributed by atoms with van der Waals surface area (Å²) in [7, 11) is 0. The van der Waals surface area contributed by atoms with Crippen molar-refractivity contribution < 1.29 is 9.59 Å². The molecule has 2 rings (SSSR count). The highest BCUT2D eigenvalue weighted by Crippen LogP contribution is 2.18. The number of amides is 2. The predicted octanol–water partition coefficient (Wildman–Crippen LogP) is 5.04. The molecule has 0 aliphatic carbocycles. The summed E-state index contributed by atoms with van der Waals surface area (Å²) in [6.45, 7) is 8.16. The Labute approximate surface area is 162 Å². The van der Waals surface area contributed by atoms with Crippen molar-refractivity contribution in [1.29, 1.82) is 0 Å². The molecule has 0 aliphatic heterocycles. The second-order valence-corrected chi connectivity index (χ2v) is 7.54. The average molecular weight is 367 g/mol. The van der Waals surface area contributed by atoms with Crippen molar-refractivity contribution in [2.24, 2.45) is 5.92 Å². The Morgan fingerprint density at radius 2 is 1.37 bits per heavy atom. The summed E-state index contributed by atoms with van der Waals surface area (Å²) in [5, 5.41) is 5.90. The van der Waals surface area contributed by atoms with Gasteiger partial charge in [0.05, 0.1) is 6.04 Å². The summed E-state index contributed by atoms with van der Waals surface area (Å²) in [4.78, 5) is 24.5. The second kappa shape index (κ2) is 9.91. The van der Waals surface area contributed by atoms with E-state index in [0.717, 1.165) is 11.3 Å². The number of hydrogen-bond donors (Lipinski definition) is 2. The van der Waals surface area contributed by atoms with E-state index >= 15 is 0 Å². The van der Waals surface area contributed by atoms with Crippen LogP contribution in [0, 0.1) is 5.92 Å². The van der Waals surface area contributed by atoms with Gasteiger partial charge in [-0.3, -0.25) is 9.59 Å². The van der Waals surface area contributed by atoms with Crippen molar-refractivity contribution in [3.63, 3.8) is 0 Å². The van der Waals surface area contributed by atoms with Crippen molar-refractivity contribution in [2.75, 3.05) is 5.32 Å². The number of hydrogen-bond acceptors (Lipinski definition) is 2. The molecule has 4 nitrogen and oxygen atoms in total. The van der Waals surface area contributed by atoms with E-state index in [1.807, 2.05) is 68.4 Å². The fourth-order valence-electron chi connectivity index (χ4n) is 2.99. The normalized spacial score (nSPS) is 13.1. The van der Waals surface area contributed by atoms with Crippen LogP contribution in [0.15, 0.2) is 54.6 Å². The SMILES string of the molecule is CC(C)c1ccc(NC(=O)C[C@@H](C)CC(=O)N[C@@H](C)c2ccccc2)cc1.